The molecule has 1 aliphatic rings. The van der Waals surface area contributed by atoms with Gasteiger partial charge < -0.3 is 14.8 Å². The van der Waals surface area contributed by atoms with Crippen molar-refractivity contribution >= 4 is 34.1 Å². The highest BCUT2D eigenvalue weighted by Crippen LogP contribution is 2.37. The molecule has 4 rings (SSSR count). The van der Waals surface area contributed by atoms with E-state index in [0.717, 1.165) is 41.4 Å². The maximum Gasteiger partial charge on any atom is 0.256 e. The highest BCUT2D eigenvalue weighted by Gasteiger charge is 2.24. The van der Waals surface area contributed by atoms with Gasteiger partial charge in [-0.1, -0.05) is 29.8 Å². The number of nitrogens with one attached hydrogen (secondary N) is 1. The molecule has 27 heavy (non-hydrogen) atoms. The Hall–Kier alpha value is -2.79. The summed E-state index contributed by atoms with van der Waals surface area (Å²) < 4.78 is 10.6. The van der Waals surface area contributed by atoms with Crippen LogP contribution in [0.1, 0.15) is 28.0 Å². The largest absolute Gasteiger partial charge is 0.495 e. The number of hydrogen-bond donors (Lipinski definition) is 1. The van der Waals surface area contributed by atoms with Crippen LogP contribution in [0.25, 0.3) is 10.9 Å². The van der Waals surface area contributed by atoms with Gasteiger partial charge in [-0.3, -0.25) is 9.78 Å². The topological polar surface area (TPSA) is 60.5 Å². The number of carbonyl (C=O) groups excluding carboxylic acids is 1. The van der Waals surface area contributed by atoms with Gasteiger partial charge >= 0.3 is 0 Å². The number of para-hydroxylation sites is 1. The van der Waals surface area contributed by atoms with Crippen LogP contribution < -0.4 is 14.8 Å². The molecule has 1 aromatic heterocycles. The van der Waals surface area contributed by atoms with Crippen molar-refractivity contribution in [3.63, 3.8) is 0 Å². The Bertz CT molecular complexity index is 1050. The number of methoxy groups -OCH3 is 2. The number of amides is 1. The predicted octanol–water partition coefficient (Wildman–Crippen LogP) is 4.65. The van der Waals surface area contributed by atoms with Gasteiger partial charge in [0.05, 0.1) is 36.0 Å². The van der Waals surface area contributed by atoms with Crippen LogP contribution in [0.2, 0.25) is 5.02 Å². The molecule has 0 radical (unpaired) electrons. The van der Waals surface area contributed by atoms with E-state index in [1.54, 1.807) is 12.1 Å². The highest BCUT2D eigenvalue weighted by atomic mass is 35.5. The lowest BCUT2D eigenvalue weighted by molar-refractivity contribution is 0.102. The Morgan fingerprint density at radius 2 is 1.89 bits per heavy atom. The molecule has 1 aliphatic carbocycles. The molecule has 1 N–H and O–H groups in total. The standard InChI is InChI=1S/C21H19ClN2O3/c1-26-18-11-17(19(27-2)10-14(18)22)24-21(25)20-12-6-3-4-8-15(12)23-16-9-5-7-13(16)20/h3-4,6,8,10-11H,5,7,9H2,1-2H3,(H,24,25). The molecule has 0 saturated heterocycles. The number of fused-ring (bicyclic) bond motifs is 2. The lowest BCUT2D eigenvalue weighted by Crippen LogP contribution is -2.16. The summed E-state index contributed by atoms with van der Waals surface area (Å²) >= 11 is 6.16. The van der Waals surface area contributed by atoms with Crippen molar-refractivity contribution in [3.05, 3.63) is 58.2 Å². The first kappa shape index (κ1) is 17.6. The fraction of sp³-hybridized carbons (Fsp3) is 0.238. The van der Waals surface area contributed by atoms with E-state index in [4.69, 9.17) is 26.1 Å². The summed E-state index contributed by atoms with van der Waals surface area (Å²) in [5.41, 5.74) is 4.08. The monoisotopic (exact) mass is 382 g/mol. The van der Waals surface area contributed by atoms with Crippen LogP contribution in [0.15, 0.2) is 36.4 Å². The zero-order chi connectivity index (χ0) is 19.0. The van der Waals surface area contributed by atoms with E-state index in [1.807, 2.05) is 24.3 Å². The minimum absolute atomic E-state index is 0.186. The van der Waals surface area contributed by atoms with Gasteiger partial charge in [0, 0.05) is 23.2 Å². The molecule has 0 unspecified atom stereocenters. The second-order valence-electron chi connectivity index (χ2n) is 6.42. The van der Waals surface area contributed by atoms with Gasteiger partial charge in [0.2, 0.25) is 0 Å². The number of halogens is 1. The number of pyridine rings is 1. The summed E-state index contributed by atoms with van der Waals surface area (Å²) in [5.74, 6) is 0.760. The minimum Gasteiger partial charge on any atom is -0.495 e. The fourth-order valence-corrected chi connectivity index (χ4v) is 3.84. The average Bonchev–Trinajstić information content (AvgIpc) is 3.14. The van der Waals surface area contributed by atoms with Crippen LogP contribution in [-0.2, 0) is 12.8 Å². The lowest BCUT2D eigenvalue weighted by atomic mass is 10.0. The van der Waals surface area contributed by atoms with Gasteiger partial charge in [0.1, 0.15) is 11.5 Å². The number of carbonyl (C=O) groups is 1. The van der Waals surface area contributed by atoms with Gasteiger partial charge in [0.15, 0.2) is 0 Å². The molecule has 1 amide bonds. The molecule has 3 aromatic rings. The number of aromatic nitrogens is 1. The molecular weight excluding hydrogens is 364 g/mol. The van der Waals surface area contributed by atoms with Crippen LogP contribution in [0.3, 0.4) is 0 Å². The second kappa shape index (κ2) is 7.08. The Morgan fingerprint density at radius 1 is 1.11 bits per heavy atom. The van der Waals surface area contributed by atoms with Crippen molar-refractivity contribution in [2.45, 2.75) is 19.3 Å². The Balaban J connectivity index is 1.81. The van der Waals surface area contributed by atoms with Crippen molar-refractivity contribution in [1.82, 2.24) is 4.98 Å². The van der Waals surface area contributed by atoms with Gasteiger partial charge in [-0.05, 0) is 30.9 Å². The highest BCUT2D eigenvalue weighted by molar-refractivity contribution is 6.32. The summed E-state index contributed by atoms with van der Waals surface area (Å²) in [7, 11) is 3.07. The fourth-order valence-electron chi connectivity index (χ4n) is 3.61. The molecular formula is C21H19ClN2O3. The van der Waals surface area contributed by atoms with Crippen molar-refractivity contribution < 1.29 is 14.3 Å². The number of benzene rings is 2. The van der Waals surface area contributed by atoms with E-state index in [0.29, 0.717) is 27.8 Å². The molecule has 0 atom stereocenters. The number of hydrogen-bond acceptors (Lipinski definition) is 4. The van der Waals surface area contributed by atoms with Crippen LogP contribution in [0.4, 0.5) is 5.69 Å². The predicted molar refractivity (Wildman–Crippen MR) is 106 cm³/mol. The van der Waals surface area contributed by atoms with Gasteiger partial charge in [-0.25, -0.2) is 0 Å². The van der Waals surface area contributed by atoms with E-state index in [-0.39, 0.29) is 5.91 Å². The van der Waals surface area contributed by atoms with Crippen LogP contribution in [0.5, 0.6) is 11.5 Å². The normalized spacial score (nSPS) is 12.7. The molecule has 6 heteroatoms. The number of ether oxygens (including phenoxy) is 2. The zero-order valence-electron chi connectivity index (χ0n) is 15.1. The molecule has 0 aliphatic heterocycles. The summed E-state index contributed by atoms with van der Waals surface area (Å²) in [5, 5.41) is 4.25. The Kier molecular flexibility index (Phi) is 4.62. The van der Waals surface area contributed by atoms with Crippen molar-refractivity contribution in [1.29, 1.82) is 0 Å². The quantitative estimate of drug-likeness (QED) is 0.713. The Labute approximate surface area is 162 Å². The van der Waals surface area contributed by atoms with E-state index in [9.17, 15) is 4.79 Å². The third-order valence-electron chi connectivity index (χ3n) is 4.87. The number of anilines is 1. The Morgan fingerprint density at radius 3 is 2.67 bits per heavy atom. The van der Waals surface area contributed by atoms with Crippen molar-refractivity contribution in [2.24, 2.45) is 0 Å². The molecule has 1 heterocycles. The number of nitrogens with zero attached hydrogens (tertiary/aromatic N) is 1. The summed E-state index contributed by atoms with van der Waals surface area (Å²) in [6.07, 6.45) is 2.77. The first-order valence-corrected chi connectivity index (χ1v) is 9.13. The first-order chi connectivity index (χ1) is 13.1. The maximum atomic E-state index is 13.3. The van der Waals surface area contributed by atoms with Crippen molar-refractivity contribution in [2.75, 3.05) is 19.5 Å². The third kappa shape index (κ3) is 3.08. The zero-order valence-corrected chi connectivity index (χ0v) is 15.9. The SMILES string of the molecule is COc1cc(NC(=O)c2c3c(nc4ccccc24)CCC3)c(OC)cc1Cl. The smallest absolute Gasteiger partial charge is 0.256 e. The minimum atomic E-state index is -0.186. The maximum absolute atomic E-state index is 13.3. The molecule has 0 spiro atoms. The van der Waals surface area contributed by atoms with E-state index in [2.05, 4.69) is 5.32 Å². The van der Waals surface area contributed by atoms with Crippen molar-refractivity contribution in [3.8, 4) is 11.5 Å². The van der Waals surface area contributed by atoms with Gasteiger partial charge in [0.25, 0.3) is 5.91 Å². The first-order valence-electron chi connectivity index (χ1n) is 8.75. The molecule has 5 nitrogen and oxygen atoms in total. The lowest BCUT2D eigenvalue weighted by Gasteiger charge is -2.16. The van der Waals surface area contributed by atoms with Crippen LogP contribution in [-0.4, -0.2) is 25.1 Å². The van der Waals surface area contributed by atoms with E-state index < -0.39 is 0 Å². The average molecular weight is 383 g/mol. The summed E-state index contributed by atoms with van der Waals surface area (Å²) in [4.78, 5) is 18.0. The molecule has 0 fully saturated rings. The number of rotatable bonds is 4. The molecule has 2 aromatic carbocycles. The van der Waals surface area contributed by atoms with Crippen LogP contribution >= 0.6 is 11.6 Å². The molecule has 0 saturated carbocycles. The van der Waals surface area contributed by atoms with Gasteiger partial charge in [-0.2, -0.15) is 0 Å². The van der Waals surface area contributed by atoms with E-state index >= 15 is 0 Å². The summed E-state index contributed by atoms with van der Waals surface area (Å²) in [6, 6.07) is 11.0. The van der Waals surface area contributed by atoms with Crippen LogP contribution in [0, 0.1) is 0 Å². The van der Waals surface area contributed by atoms with Gasteiger partial charge in [-0.15, -0.1) is 0 Å². The number of aryl methyl sites for hydroxylation is 1. The summed E-state index contributed by atoms with van der Waals surface area (Å²) in [6.45, 7) is 0. The molecule has 138 valence electrons. The van der Waals surface area contributed by atoms with E-state index in [1.165, 1.54) is 14.2 Å². The molecule has 0 bridgehead atoms. The second-order valence-corrected chi connectivity index (χ2v) is 6.83. The third-order valence-corrected chi connectivity index (χ3v) is 5.16.